The molecule has 4 amide bonds. The fourth-order valence-corrected chi connectivity index (χ4v) is 0.211. The fraction of sp³-hybridized carbons (Fsp3) is 0. The highest BCUT2D eigenvalue weighted by molar-refractivity contribution is 5.84. The first-order chi connectivity index (χ1) is 3.79. The van der Waals surface area contributed by atoms with Crippen LogP contribution in [0, 0.1) is 0 Å². The fourth-order valence-electron chi connectivity index (χ4n) is 0.211. The van der Waals surface area contributed by atoms with Crippen LogP contribution < -0.4 is 0 Å². The van der Waals surface area contributed by atoms with Gasteiger partial charge in [-0.3, -0.25) is 0 Å². The first kappa shape index (κ1) is 4.69. The van der Waals surface area contributed by atoms with E-state index >= 15 is 0 Å². The van der Waals surface area contributed by atoms with E-state index in [1.807, 2.05) is 0 Å². The van der Waals surface area contributed by atoms with E-state index in [1.54, 1.807) is 0 Å². The minimum atomic E-state index is -0.843. The van der Waals surface area contributed by atoms with Crippen LogP contribution in [0.1, 0.15) is 0 Å². The zero-order chi connectivity index (χ0) is 5.98. The molecule has 0 aromatic rings. The van der Waals surface area contributed by atoms with Gasteiger partial charge in [-0.1, -0.05) is 20.5 Å². The SMILES string of the molecule is O=C1N=NC(=O)N=N1. The molecule has 0 bridgehead atoms. The number of azo groups is 2. The molecular weight excluding hydrogens is 112 g/mol. The van der Waals surface area contributed by atoms with E-state index in [-0.39, 0.29) is 0 Å². The molecule has 40 valence electrons. The Bertz CT molecular complexity index is 154. The van der Waals surface area contributed by atoms with Crippen molar-refractivity contribution in [1.82, 2.24) is 0 Å². The van der Waals surface area contributed by atoms with Crippen LogP contribution in [0.25, 0.3) is 0 Å². The molecular formula is C2N4O2. The second-order valence-corrected chi connectivity index (χ2v) is 0.965. The van der Waals surface area contributed by atoms with E-state index in [9.17, 15) is 9.59 Å². The van der Waals surface area contributed by atoms with Crippen molar-refractivity contribution in [3.8, 4) is 0 Å². The molecule has 1 rings (SSSR count). The first-order valence-electron chi connectivity index (χ1n) is 1.70. The van der Waals surface area contributed by atoms with E-state index in [2.05, 4.69) is 20.5 Å². The van der Waals surface area contributed by atoms with Crippen molar-refractivity contribution in [3.63, 3.8) is 0 Å². The largest absolute Gasteiger partial charge is 0.404 e. The Hall–Kier alpha value is -1.46. The molecule has 0 aromatic carbocycles. The van der Waals surface area contributed by atoms with Gasteiger partial charge in [-0.05, 0) is 0 Å². The summed E-state index contributed by atoms with van der Waals surface area (Å²) in [7, 11) is 0. The standard InChI is InChI=1S/C2N4O2/c7-1-3-5-2(8)6-4-1. The lowest BCUT2D eigenvalue weighted by atomic mass is 11.0. The maximum absolute atomic E-state index is 9.94. The second kappa shape index (κ2) is 1.57. The van der Waals surface area contributed by atoms with Crippen molar-refractivity contribution in [1.29, 1.82) is 0 Å². The molecule has 0 aliphatic carbocycles. The molecule has 0 radical (unpaired) electrons. The van der Waals surface area contributed by atoms with Crippen LogP contribution in [0.4, 0.5) is 9.59 Å². The minimum Gasteiger partial charge on any atom is -0.240 e. The van der Waals surface area contributed by atoms with Crippen molar-refractivity contribution in [2.24, 2.45) is 20.5 Å². The summed E-state index contributed by atoms with van der Waals surface area (Å²) in [6.07, 6.45) is 0. The van der Waals surface area contributed by atoms with Crippen LogP contribution in [0.15, 0.2) is 20.5 Å². The third kappa shape index (κ3) is 0.780. The number of carbonyl (C=O) groups excluding carboxylic acids is 2. The highest BCUT2D eigenvalue weighted by Gasteiger charge is 2.04. The van der Waals surface area contributed by atoms with Crippen molar-refractivity contribution in [3.05, 3.63) is 0 Å². The summed E-state index contributed by atoms with van der Waals surface area (Å²) in [5, 5.41) is 11.1. The summed E-state index contributed by atoms with van der Waals surface area (Å²) in [5.41, 5.74) is 0. The third-order valence-electron chi connectivity index (χ3n) is 0.442. The Labute approximate surface area is 43.3 Å². The average Bonchev–Trinajstić information content (AvgIpc) is 1.77. The van der Waals surface area contributed by atoms with Crippen LogP contribution in [0.2, 0.25) is 0 Å². The average molecular weight is 112 g/mol. The summed E-state index contributed by atoms with van der Waals surface area (Å²) in [5.74, 6) is 0. The number of hydrogen-bond donors (Lipinski definition) is 0. The van der Waals surface area contributed by atoms with Crippen molar-refractivity contribution in [2.45, 2.75) is 0 Å². The Kier molecular flexibility index (Phi) is 0.918. The molecule has 1 aliphatic heterocycles. The van der Waals surface area contributed by atoms with Crippen molar-refractivity contribution >= 4 is 12.1 Å². The monoisotopic (exact) mass is 112 g/mol. The van der Waals surface area contributed by atoms with Gasteiger partial charge in [-0.15, -0.1) is 0 Å². The maximum Gasteiger partial charge on any atom is 0.404 e. The number of urea groups is 2. The number of rotatable bonds is 0. The van der Waals surface area contributed by atoms with Gasteiger partial charge in [0, 0.05) is 0 Å². The Morgan fingerprint density at radius 3 is 1.25 bits per heavy atom. The zero-order valence-corrected chi connectivity index (χ0v) is 3.61. The quantitative estimate of drug-likeness (QED) is 0.470. The molecule has 0 atom stereocenters. The Balaban J connectivity index is 2.83. The van der Waals surface area contributed by atoms with E-state index in [0.29, 0.717) is 0 Å². The summed E-state index contributed by atoms with van der Waals surface area (Å²) < 4.78 is 0. The van der Waals surface area contributed by atoms with Gasteiger partial charge in [-0.25, -0.2) is 9.59 Å². The van der Waals surface area contributed by atoms with Crippen LogP contribution >= 0.6 is 0 Å². The molecule has 6 nitrogen and oxygen atoms in total. The van der Waals surface area contributed by atoms with Gasteiger partial charge in [0.2, 0.25) is 0 Å². The smallest absolute Gasteiger partial charge is 0.240 e. The molecule has 0 unspecified atom stereocenters. The van der Waals surface area contributed by atoms with Gasteiger partial charge in [0.1, 0.15) is 0 Å². The topological polar surface area (TPSA) is 83.6 Å². The van der Waals surface area contributed by atoms with Crippen LogP contribution in [0.3, 0.4) is 0 Å². The minimum absolute atomic E-state index is 0.843. The number of amides is 4. The maximum atomic E-state index is 9.94. The summed E-state index contributed by atoms with van der Waals surface area (Å²) in [6, 6.07) is -1.69. The molecule has 1 aliphatic rings. The van der Waals surface area contributed by atoms with E-state index < -0.39 is 12.1 Å². The molecule has 8 heavy (non-hydrogen) atoms. The van der Waals surface area contributed by atoms with E-state index in [4.69, 9.17) is 0 Å². The van der Waals surface area contributed by atoms with Crippen LogP contribution in [-0.2, 0) is 0 Å². The van der Waals surface area contributed by atoms with Crippen molar-refractivity contribution < 1.29 is 9.59 Å². The molecule has 0 aromatic heterocycles. The summed E-state index contributed by atoms with van der Waals surface area (Å²) in [4.78, 5) is 19.9. The highest BCUT2D eigenvalue weighted by atomic mass is 16.2. The van der Waals surface area contributed by atoms with Gasteiger partial charge >= 0.3 is 12.1 Å². The Morgan fingerprint density at radius 2 is 1.00 bits per heavy atom. The van der Waals surface area contributed by atoms with Crippen molar-refractivity contribution in [2.75, 3.05) is 0 Å². The molecule has 0 spiro atoms. The van der Waals surface area contributed by atoms with Gasteiger partial charge in [0.25, 0.3) is 0 Å². The predicted molar refractivity (Wildman–Crippen MR) is 20.5 cm³/mol. The molecule has 0 saturated carbocycles. The number of hydrogen-bond acceptors (Lipinski definition) is 2. The molecule has 0 fully saturated rings. The normalized spacial score (nSPS) is 17.5. The second-order valence-electron chi connectivity index (χ2n) is 0.965. The molecule has 0 saturated heterocycles. The zero-order valence-electron chi connectivity index (χ0n) is 3.61. The van der Waals surface area contributed by atoms with Crippen LogP contribution in [0.5, 0.6) is 0 Å². The Morgan fingerprint density at radius 1 is 0.750 bits per heavy atom. The summed E-state index contributed by atoms with van der Waals surface area (Å²) in [6.45, 7) is 0. The molecule has 1 heterocycles. The third-order valence-corrected chi connectivity index (χ3v) is 0.442. The number of nitrogens with zero attached hydrogens (tertiary/aromatic N) is 4. The van der Waals surface area contributed by atoms with Gasteiger partial charge in [0.15, 0.2) is 0 Å². The van der Waals surface area contributed by atoms with Gasteiger partial charge < -0.3 is 0 Å². The van der Waals surface area contributed by atoms with Crippen LogP contribution in [-0.4, -0.2) is 12.1 Å². The summed E-state index contributed by atoms with van der Waals surface area (Å²) >= 11 is 0. The molecule has 6 heteroatoms. The van der Waals surface area contributed by atoms with E-state index in [0.717, 1.165) is 0 Å². The first-order valence-corrected chi connectivity index (χ1v) is 1.70. The predicted octanol–water partition coefficient (Wildman–Crippen LogP) is 1.14. The lowest BCUT2D eigenvalue weighted by Crippen LogP contribution is -1.92. The number of carbonyl (C=O) groups is 2. The van der Waals surface area contributed by atoms with Gasteiger partial charge in [-0.2, -0.15) is 0 Å². The lowest BCUT2D eigenvalue weighted by molar-refractivity contribution is 0.242. The van der Waals surface area contributed by atoms with E-state index in [1.165, 1.54) is 0 Å². The highest BCUT2D eigenvalue weighted by Crippen LogP contribution is 1.95. The lowest BCUT2D eigenvalue weighted by Gasteiger charge is -1.83. The van der Waals surface area contributed by atoms with Gasteiger partial charge in [0.05, 0.1) is 0 Å². The molecule has 0 N–H and O–H groups in total.